The van der Waals surface area contributed by atoms with Crippen molar-refractivity contribution in [2.45, 2.75) is 52.6 Å². The number of rotatable bonds is 14. The maximum atomic E-state index is 12.7. The van der Waals surface area contributed by atoms with Crippen molar-refractivity contribution in [3.8, 4) is 11.5 Å². The minimum atomic E-state index is -0.343. The van der Waals surface area contributed by atoms with Gasteiger partial charge < -0.3 is 24.3 Å². The Morgan fingerprint density at radius 1 is 1.09 bits per heavy atom. The fourth-order valence-electron chi connectivity index (χ4n) is 2.95. The van der Waals surface area contributed by atoms with Crippen LogP contribution in [0.15, 0.2) is 55.8 Å². The lowest BCUT2D eigenvalue weighted by Crippen LogP contribution is -2.19. The number of benzene rings is 1. The Labute approximate surface area is 210 Å². The van der Waals surface area contributed by atoms with E-state index in [2.05, 4.69) is 37.3 Å². The highest BCUT2D eigenvalue weighted by atomic mass is 16.5. The Balaban J connectivity index is 0.000000905. The van der Waals surface area contributed by atoms with Crippen molar-refractivity contribution in [1.29, 1.82) is 0 Å². The standard InChI is InChI=1S/C22H26N2O5.C6H14/c1-6-9-28-19-10-18(11-20(12-19)29-15(2)14-26-4)22(25)24-21-8-7-17(13-23-21)16(3)27-5;1-3-5-6-4-2/h6-8,10-13,15H,1,3,9,14H2,2,4-5H3,(H,23,24,25);3-6H2,1-2H3. The van der Waals surface area contributed by atoms with Crippen LogP contribution < -0.4 is 14.8 Å². The average molecular weight is 485 g/mol. The van der Waals surface area contributed by atoms with Crippen molar-refractivity contribution >= 4 is 17.5 Å². The van der Waals surface area contributed by atoms with Crippen molar-refractivity contribution in [3.05, 3.63) is 66.9 Å². The van der Waals surface area contributed by atoms with Gasteiger partial charge in [0.25, 0.3) is 5.91 Å². The molecule has 1 atom stereocenters. The monoisotopic (exact) mass is 484 g/mol. The summed E-state index contributed by atoms with van der Waals surface area (Å²) in [5, 5.41) is 2.75. The van der Waals surface area contributed by atoms with Gasteiger partial charge in [0.05, 0.1) is 13.7 Å². The van der Waals surface area contributed by atoms with Gasteiger partial charge >= 0.3 is 0 Å². The lowest BCUT2D eigenvalue weighted by atomic mass is 10.2. The second-order valence-electron chi connectivity index (χ2n) is 7.90. The summed E-state index contributed by atoms with van der Waals surface area (Å²) in [5.74, 6) is 1.55. The van der Waals surface area contributed by atoms with E-state index in [0.29, 0.717) is 41.9 Å². The highest BCUT2D eigenvalue weighted by Gasteiger charge is 2.13. The molecule has 0 aliphatic heterocycles. The van der Waals surface area contributed by atoms with Crippen LogP contribution in [0.2, 0.25) is 0 Å². The van der Waals surface area contributed by atoms with Gasteiger partial charge in [0.2, 0.25) is 0 Å². The molecule has 7 nitrogen and oxygen atoms in total. The van der Waals surface area contributed by atoms with Crippen LogP contribution in [0.25, 0.3) is 5.76 Å². The number of hydrogen-bond acceptors (Lipinski definition) is 6. The van der Waals surface area contributed by atoms with Crippen LogP contribution in [0.5, 0.6) is 11.5 Å². The van der Waals surface area contributed by atoms with Gasteiger partial charge in [0.15, 0.2) is 0 Å². The average Bonchev–Trinajstić information content (AvgIpc) is 2.86. The molecule has 1 heterocycles. The van der Waals surface area contributed by atoms with E-state index in [9.17, 15) is 4.79 Å². The first kappa shape index (κ1) is 29.7. The van der Waals surface area contributed by atoms with E-state index in [4.69, 9.17) is 18.9 Å². The van der Waals surface area contributed by atoms with Crippen LogP contribution in [-0.4, -0.2) is 44.4 Å². The summed E-state index contributed by atoms with van der Waals surface area (Å²) in [6.45, 7) is 14.5. The fraction of sp³-hybridized carbons (Fsp3) is 0.429. The third kappa shape index (κ3) is 11.6. The Hall–Kier alpha value is -3.32. The molecule has 1 aromatic heterocycles. The van der Waals surface area contributed by atoms with E-state index < -0.39 is 0 Å². The van der Waals surface area contributed by atoms with E-state index in [-0.39, 0.29) is 12.0 Å². The Kier molecular flexibility index (Phi) is 14.6. The number of anilines is 1. The molecule has 0 saturated heterocycles. The number of amides is 1. The number of carbonyl (C=O) groups is 1. The van der Waals surface area contributed by atoms with Crippen molar-refractivity contribution in [2.75, 3.05) is 32.8 Å². The van der Waals surface area contributed by atoms with Crippen LogP contribution in [0, 0.1) is 0 Å². The zero-order valence-electron chi connectivity index (χ0n) is 21.8. The molecule has 0 saturated carbocycles. The fourth-order valence-corrected chi connectivity index (χ4v) is 2.95. The minimum absolute atomic E-state index is 0.186. The molecular formula is C28H40N2O5. The largest absolute Gasteiger partial charge is 0.497 e. The molecule has 2 rings (SSSR count). The zero-order chi connectivity index (χ0) is 26.1. The smallest absolute Gasteiger partial charge is 0.257 e. The van der Waals surface area contributed by atoms with Crippen LogP contribution >= 0.6 is 0 Å². The number of nitrogens with one attached hydrogen (secondary N) is 1. The number of ether oxygens (including phenoxy) is 4. The van der Waals surface area contributed by atoms with E-state index >= 15 is 0 Å². The molecular weight excluding hydrogens is 444 g/mol. The van der Waals surface area contributed by atoms with Gasteiger partial charge in [0, 0.05) is 30.5 Å². The first-order chi connectivity index (χ1) is 16.9. The second kappa shape index (κ2) is 17.2. The van der Waals surface area contributed by atoms with Crippen molar-refractivity contribution in [1.82, 2.24) is 4.98 Å². The molecule has 0 aliphatic carbocycles. The number of carbonyl (C=O) groups excluding carboxylic acids is 1. The number of nitrogens with zero attached hydrogens (tertiary/aromatic N) is 1. The van der Waals surface area contributed by atoms with Gasteiger partial charge in [0.1, 0.15) is 35.8 Å². The molecule has 0 spiro atoms. The summed E-state index contributed by atoms with van der Waals surface area (Å²) < 4.78 is 21.6. The molecule has 1 aromatic carbocycles. The molecule has 0 aliphatic rings. The lowest BCUT2D eigenvalue weighted by Gasteiger charge is -2.16. The van der Waals surface area contributed by atoms with Crippen LogP contribution in [0.1, 0.15) is 62.4 Å². The lowest BCUT2D eigenvalue weighted by molar-refractivity contribution is 0.0915. The van der Waals surface area contributed by atoms with E-state index in [1.165, 1.54) is 32.8 Å². The second-order valence-corrected chi connectivity index (χ2v) is 7.90. The molecule has 0 fully saturated rings. The molecule has 1 amide bonds. The Bertz CT molecular complexity index is 908. The van der Waals surface area contributed by atoms with Crippen molar-refractivity contribution in [3.63, 3.8) is 0 Å². The van der Waals surface area contributed by atoms with Crippen molar-refractivity contribution in [2.24, 2.45) is 0 Å². The number of aromatic nitrogens is 1. The van der Waals surface area contributed by atoms with E-state index in [1.807, 2.05) is 6.92 Å². The molecule has 1 unspecified atom stereocenters. The normalized spacial score (nSPS) is 10.9. The van der Waals surface area contributed by atoms with E-state index in [1.54, 1.807) is 49.7 Å². The Morgan fingerprint density at radius 3 is 2.31 bits per heavy atom. The third-order valence-electron chi connectivity index (χ3n) is 4.78. The summed E-state index contributed by atoms with van der Waals surface area (Å²) in [7, 11) is 3.13. The van der Waals surface area contributed by atoms with Crippen LogP contribution in [-0.2, 0) is 9.47 Å². The molecule has 192 valence electrons. The summed E-state index contributed by atoms with van der Waals surface area (Å²) in [4.78, 5) is 16.9. The van der Waals surface area contributed by atoms with Gasteiger partial charge in [-0.05, 0) is 31.2 Å². The maximum absolute atomic E-state index is 12.7. The van der Waals surface area contributed by atoms with Gasteiger partial charge in [-0.15, -0.1) is 0 Å². The number of pyridine rings is 1. The quantitative estimate of drug-likeness (QED) is 0.187. The van der Waals surface area contributed by atoms with Gasteiger partial charge in [-0.1, -0.05) is 58.8 Å². The molecule has 2 aromatic rings. The summed E-state index contributed by atoms with van der Waals surface area (Å²) >= 11 is 0. The molecule has 7 heteroatoms. The summed E-state index contributed by atoms with van der Waals surface area (Å²) in [5.41, 5.74) is 1.10. The maximum Gasteiger partial charge on any atom is 0.257 e. The van der Waals surface area contributed by atoms with Gasteiger partial charge in [-0.2, -0.15) is 0 Å². The zero-order valence-corrected chi connectivity index (χ0v) is 21.8. The number of hydrogen-bond donors (Lipinski definition) is 1. The Morgan fingerprint density at radius 2 is 1.77 bits per heavy atom. The minimum Gasteiger partial charge on any atom is -0.497 e. The van der Waals surface area contributed by atoms with Gasteiger partial charge in [-0.3, -0.25) is 4.79 Å². The third-order valence-corrected chi connectivity index (χ3v) is 4.78. The topological polar surface area (TPSA) is 78.9 Å². The first-order valence-electron chi connectivity index (χ1n) is 11.9. The highest BCUT2D eigenvalue weighted by Crippen LogP contribution is 2.25. The number of unbranched alkanes of at least 4 members (excludes halogenated alkanes) is 3. The summed E-state index contributed by atoms with van der Waals surface area (Å²) in [6, 6.07) is 8.43. The predicted octanol–water partition coefficient (Wildman–Crippen LogP) is 6.52. The molecule has 0 bridgehead atoms. The SMILES string of the molecule is C=CCOc1cc(OC(C)COC)cc(C(=O)Nc2ccc(C(=C)OC)cn2)c1.CCCCCC. The van der Waals surface area contributed by atoms with E-state index in [0.717, 1.165) is 5.56 Å². The molecule has 0 radical (unpaired) electrons. The van der Waals surface area contributed by atoms with Crippen LogP contribution in [0.4, 0.5) is 5.82 Å². The molecule has 1 N–H and O–H groups in total. The number of methoxy groups -OCH3 is 2. The summed E-state index contributed by atoms with van der Waals surface area (Å²) in [6.07, 6.45) is 8.55. The highest BCUT2D eigenvalue weighted by molar-refractivity contribution is 6.04. The first-order valence-corrected chi connectivity index (χ1v) is 11.9. The molecule has 35 heavy (non-hydrogen) atoms. The van der Waals surface area contributed by atoms with Crippen molar-refractivity contribution < 1.29 is 23.7 Å². The van der Waals surface area contributed by atoms with Gasteiger partial charge in [-0.25, -0.2) is 4.98 Å². The van der Waals surface area contributed by atoms with Crippen LogP contribution in [0.3, 0.4) is 0 Å². The predicted molar refractivity (Wildman–Crippen MR) is 142 cm³/mol.